The highest BCUT2D eigenvalue weighted by Crippen LogP contribution is 2.17. The van der Waals surface area contributed by atoms with Gasteiger partial charge in [-0.05, 0) is 38.5 Å². The van der Waals surface area contributed by atoms with Crippen molar-refractivity contribution in [3.05, 3.63) is 45.4 Å². The Balaban J connectivity index is 1.89. The minimum absolute atomic E-state index is 0.453. The summed E-state index contributed by atoms with van der Waals surface area (Å²) in [4.78, 5) is 10.1. The molecule has 0 spiro atoms. The van der Waals surface area contributed by atoms with Crippen LogP contribution in [-0.2, 0) is 6.42 Å². The number of nitrogens with zero attached hydrogens (tertiary/aromatic N) is 2. The molecule has 1 aromatic heterocycles. The van der Waals surface area contributed by atoms with Crippen LogP contribution in [0.4, 0.5) is 5.69 Å². The number of rotatable bonds is 4. The summed E-state index contributed by atoms with van der Waals surface area (Å²) in [6.07, 6.45) is 0.882. The maximum Gasteiger partial charge on any atom is 0.193 e. The SMILES string of the molecule is Cc1cccc(NC(N)=NCCc2sc(C)nc2C)c1. The molecular formula is C15H20N4S. The first-order chi connectivity index (χ1) is 9.54. The second kappa shape index (κ2) is 6.52. The molecule has 2 rings (SSSR count). The number of hydrogen-bond donors (Lipinski definition) is 2. The molecule has 1 aromatic carbocycles. The molecule has 0 saturated carbocycles. The van der Waals surface area contributed by atoms with Gasteiger partial charge in [0.25, 0.3) is 0 Å². The van der Waals surface area contributed by atoms with Gasteiger partial charge in [-0.2, -0.15) is 0 Å². The Hall–Kier alpha value is -1.88. The fourth-order valence-corrected chi connectivity index (χ4v) is 2.92. The highest BCUT2D eigenvalue weighted by atomic mass is 32.1. The van der Waals surface area contributed by atoms with Gasteiger partial charge in [-0.1, -0.05) is 12.1 Å². The molecule has 4 nitrogen and oxygen atoms in total. The van der Waals surface area contributed by atoms with Crippen molar-refractivity contribution < 1.29 is 0 Å². The molecule has 0 aliphatic heterocycles. The molecule has 2 aromatic rings. The van der Waals surface area contributed by atoms with Crippen LogP contribution in [0.25, 0.3) is 0 Å². The minimum atomic E-state index is 0.453. The lowest BCUT2D eigenvalue weighted by molar-refractivity contribution is 0.965. The first-order valence-corrected chi connectivity index (χ1v) is 7.43. The Bertz CT molecular complexity index is 616. The van der Waals surface area contributed by atoms with Crippen molar-refractivity contribution in [1.82, 2.24) is 4.98 Å². The number of guanidine groups is 1. The van der Waals surface area contributed by atoms with Gasteiger partial charge in [0, 0.05) is 23.5 Å². The highest BCUT2D eigenvalue weighted by molar-refractivity contribution is 7.11. The fourth-order valence-electron chi connectivity index (χ4n) is 1.99. The predicted octanol–water partition coefficient (Wildman–Crippen LogP) is 3.04. The molecule has 0 radical (unpaired) electrons. The Morgan fingerprint density at radius 2 is 2.15 bits per heavy atom. The quantitative estimate of drug-likeness (QED) is 0.671. The number of nitrogens with two attached hydrogens (primary N) is 1. The molecule has 0 amide bonds. The van der Waals surface area contributed by atoms with Crippen molar-refractivity contribution in [3.8, 4) is 0 Å². The van der Waals surface area contributed by atoms with Gasteiger partial charge in [0.1, 0.15) is 0 Å². The molecule has 3 N–H and O–H groups in total. The van der Waals surface area contributed by atoms with Gasteiger partial charge in [0.15, 0.2) is 5.96 Å². The van der Waals surface area contributed by atoms with Crippen LogP contribution in [0.15, 0.2) is 29.3 Å². The van der Waals surface area contributed by atoms with E-state index in [0.717, 1.165) is 22.8 Å². The molecule has 1 heterocycles. The lowest BCUT2D eigenvalue weighted by Gasteiger charge is -2.06. The topological polar surface area (TPSA) is 63.3 Å². The van der Waals surface area contributed by atoms with E-state index in [1.165, 1.54) is 10.4 Å². The number of hydrogen-bond acceptors (Lipinski definition) is 3. The second-order valence-electron chi connectivity index (χ2n) is 4.75. The molecule has 0 saturated heterocycles. The third kappa shape index (κ3) is 4.06. The third-order valence-electron chi connectivity index (χ3n) is 2.91. The first kappa shape index (κ1) is 14.5. The van der Waals surface area contributed by atoms with E-state index < -0.39 is 0 Å². The van der Waals surface area contributed by atoms with Gasteiger partial charge in [-0.25, -0.2) is 4.98 Å². The van der Waals surface area contributed by atoms with E-state index in [1.807, 2.05) is 45.0 Å². The van der Waals surface area contributed by atoms with Gasteiger partial charge in [-0.3, -0.25) is 4.99 Å². The van der Waals surface area contributed by atoms with Crippen LogP contribution in [0.2, 0.25) is 0 Å². The summed E-state index contributed by atoms with van der Waals surface area (Å²) in [5, 5.41) is 4.21. The number of anilines is 1. The zero-order chi connectivity index (χ0) is 14.5. The van der Waals surface area contributed by atoms with Crippen LogP contribution < -0.4 is 11.1 Å². The van der Waals surface area contributed by atoms with E-state index in [2.05, 4.69) is 15.3 Å². The Labute approximate surface area is 123 Å². The summed E-state index contributed by atoms with van der Waals surface area (Å²) in [6.45, 7) is 6.79. The van der Waals surface area contributed by atoms with E-state index in [9.17, 15) is 0 Å². The molecule has 0 aliphatic carbocycles. The molecule has 0 aliphatic rings. The number of aromatic nitrogens is 1. The average Bonchev–Trinajstić information content (AvgIpc) is 2.68. The average molecular weight is 288 g/mol. The standard InChI is InChI=1S/C15H20N4S/c1-10-5-4-6-13(9-10)19-15(16)17-8-7-14-11(2)18-12(3)20-14/h4-6,9H,7-8H2,1-3H3,(H3,16,17,19). The summed E-state index contributed by atoms with van der Waals surface area (Å²) in [6, 6.07) is 8.06. The van der Waals surface area contributed by atoms with Crippen molar-refractivity contribution >= 4 is 23.0 Å². The van der Waals surface area contributed by atoms with Gasteiger partial charge >= 0.3 is 0 Å². The predicted molar refractivity (Wildman–Crippen MR) is 86.6 cm³/mol. The lowest BCUT2D eigenvalue weighted by atomic mass is 10.2. The number of benzene rings is 1. The number of thiazole rings is 1. The highest BCUT2D eigenvalue weighted by Gasteiger charge is 2.03. The summed E-state index contributed by atoms with van der Waals surface area (Å²) in [5.74, 6) is 0.453. The minimum Gasteiger partial charge on any atom is -0.370 e. The van der Waals surface area contributed by atoms with E-state index in [-0.39, 0.29) is 0 Å². The summed E-state index contributed by atoms with van der Waals surface area (Å²) < 4.78 is 0. The van der Waals surface area contributed by atoms with Gasteiger partial charge < -0.3 is 11.1 Å². The normalized spacial score (nSPS) is 11.7. The molecule has 0 unspecified atom stereocenters. The largest absolute Gasteiger partial charge is 0.370 e. The molecule has 20 heavy (non-hydrogen) atoms. The van der Waals surface area contributed by atoms with Gasteiger partial charge in [0.2, 0.25) is 0 Å². The molecule has 0 fully saturated rings. The zero-order valence-corrected chi connectivity index (χ0v) is 12.9. The van der Waals surface area contributed by atoms with Gasteiger partial charge in [0.05, 0.1) is 10.7 Å². The van der Waals surface area contributed by atoms with Crippen LogP contribution in [-0.4, -0.2) is 17.5 Å². The molecule has 5 heteroatoms. The summed E-state index contributed by atoms with van der Waals surface area (Å²) >= 11 is 1.73. The van der Waals surface area contributed by atoms with Crippen molar-refractivity contribution in [2.24, 2.45) is 10.7 Å². The molecular weight excluding hydrogens is 268 g/mol. The Morgan fingerprint density at radius 1 is 1.35 bits per heavy atom. The summed E-state index contributed by atoms with van der Waals surface area (Å²) in [5.41, 5.74) is 9.16. The Morgan fingerprint density at radius 3 is 2.80 bits per heavy atom. The van der Waals surface area contributed by atoms with E-state index in [1.54, 1.807) is 11.3 Å². The molecule has 0 bridgehead atoms. The maximum absolute atomic E-state index is 5.89. The van der Waals surface area contributed by atoms with Crippen molar-refractivity contribution in [2.75, 3.05) is 11.9 Å². The van der Waals surface area contributed by atoms with Gasteiger partial charge in [-0.15, -0.1) is 11.3 Å². The fraction of sp³-hybridized carbons (Fsp3) is 0.333. The smallest absolute Gasteiger partial charge is 0.193 e. The van der Waals surface area contributed by atoms with E-state index >= 15 is 0 Å². The summed E-state index contributed by atoms with van der Waals surface area (Å²) in [7, 11) is 0. The van der Waals surface area contributed by atoms with Crippen LogP contribution in [0, 0.1) is 20.8 Å². The second-order valence-corrected chi connectivity index (χ2v) is 6.04. The zero-order valence-electron chi connectivity index (χ0n) is 12.1. The monoisotopic (exact) mass is 288 g/mol. The van der Waals surface area contributed by atoms with Crippen LogP contribution in [0.1, 0.15) is 21.1 Å². The van der Waals surface area contributed by atoms with E-state index in [0.29, 0.717) is 12.5 Å². The number of aryl methyl sites for hydroxylation is 3. The Kier molecular flexibility index (Phi) is 4.74. The third-order valence-corrected chi connectivity index (χ3v) is 4.04. The van der Waals surface area contributed by atoms with Crippen LogP contribution in [0.3, 0.4) is 0 Å². The molecule has 0 atom stereocenters. The first-order valence-electron chi connectivity index (χ1n) is 6.61. The van der Waals surface area contributed by atoms with Crippen molar-refractivity contribution in [3.63, 3.8) is 0 Å². The number of nitrogens with one attached hydrogen (secondary N) is 1. The maximum atomic E-state index is 5.89. The van der Waals surface area contributed by atoms with Crippen molar-refractivity contribution in [1.29, 1.82) is 0 Å². The van der Waals surface area contributed by atoms with Crippen molar-refractivity contribution in [2.45, 2.75) is 27.2 Å². The number of aliphatic imine (C=N–C) groups is 1. The lowest BCUT2D eigenvalue weighted by Crippen LogP contribution is -2.23. The van der Waals surface area contributed by atoms with Crippen LogP contribution >= 0.6 is 11.3 Å². The van der Waals surface area contributed by atoms with Crippen LogP contribution in [0.5, 0.6) is 0 Å². The van der Waals surface area contributed by atoms with E-state index in [4.69, 9.17) is 5.73 Å². The molecule has 106 valence electrons.